The van der Waals surface area contributed by atoms with Crippen molar-refractivity contribution in [3.63, 3.8) is 0 Å². The van der Waals surface area contributed by atoms with Gasteiger partial charge in [-0.25, -0.2) is 0 Å². The van der Waals surface area contributed by atoms with E-state index in [1.54, 1.807) is 14.2 Å². The number of hydrogen-bond donors (Lipinski definition) is 0. The van der Waals surface area contributed by atoms with E-state index >= 15 is 0 Å². The molecule has 0 aromatic carbocycles. The lowest BCUT2D eigenvalue weighted by Crippen LogP contribution is -1.93. The fraction of sp³-hybridized carbons (Fsp3) is 1.00. The van der Waals surface area contributed by atoms with Crippen LogP contribution in [0.25, 0.3) is 0 Å². The van der Waals surface area contributed by atoms with Crippen molar-refractivity contribution in [2.75, 3.05) is 14.2 Å². The van der Waals surface area contributed by atoms with Crippen LogP contribution in [0.5, 0.6) is 0 Å². The molecule has 64 valence electrons. The predicted octanol–water partition coefficient (Wildman–Crippen LogP) is -0.152. The van der Waals surface area contributed by atoms with E-state index in [2.05, 4.69) is 15.8 Å². The molecule has 0 N–H and O–H groups in total. The smallest absolute Gasteiger partial charge is 0.303 e. The molecule has 0 aromatic rings. The summed E-state index contributed by atoms with van der Waals surface area (Å²) in [6.45, 7) is 2.23. The Labute approximate surface area is 69.8 Å². The van der Waals surface area contributed by atoms with Gasteiger partial charge < -0.3 is 8.85 Å². The Morgan fingerprint density at radius 3 is 1.80 bits per heavy atom. The van der Waals surface area contributed by atoms with Gasteiger partial charge in [-0.1, -0.05) is 25.8 Å². The summed E-state index contributed by atoms with van der Waals surface area (Å²) in [4.78, 5) is 0. The van der Waals surface area contributed by atoms with Crippen LogP contribution in [0, 0.1) is 0 Å². The largest absolute Gasteiger partial charge is 0.402 e. The maximum atomic E-state index is 4.61. The summed E-state index contributed by atoms with van der Waals surface area (Å²) in [6.07, 6.45) is 2.83. The molecular weight excluding hydrogens is 160 g/mol. The van der Waals surface area contributed by atoms with Crippen LogP contribution in [0.3, 0.4) is 0 Å². The van der Waals surface area contributed by atoms with Crippen molar-refractivity contribution in [3.8, 4) is 0 Å². The topological polar surface area (TPSA) is 18.5 Å². The summed E-state index contributed by atoms with van der Waals surface area (Å²) >= 11 is 0. The van der Waals surface area contributed by atoms with Gasteiger partial charge in [0.15, 0.2) is 0 Å². The predicted molar refractivity (Wildman–Crippen MR) is 52.2 cm³/mol. The lowest BCUT2D eigenvalue weighted by atomic mass is 10.4. The highest BCUT2D eigenvalue weighted by Crippen LogP contribution is 1.86. The van der Waals surface area contributed by atoms with Gasteiger partial charge in [-0.3, -0.25) is 0 Å². The molecule has 10 heavy (non-hydrogen) atoms. The summed E-state index contributed by atoms with van der Waals surface area (Å²) in [5.41, 5.74) is 0. The third-order valence-electron chi connectivity index (χ3n) is 0.943. The maximum Gasteiger partial charge on any atom is 0.303 e. The van der Waals surface area contributed by atoms with Gasteiger partial charge in [-0.2, -0.15) is 0 Å². The zero-order valence-corrected chi connectivity index (χ0v) is 11.1. The van der Waals surface area contributed by atoms with Gasteiger partial charge in [0, 0.05) is 24.5 Å². The minimum atomic E-state index is -0.568. The Hall–Kier alpha value is 0.354. The molecule has 0 aromatic heterocycles. The van der Waals surface area contributed by atoms with Crippen molar-refractivity contribution < 1.29 is 8.85 Å². The third-order valence-corrected chi connectivity index (χ3v) is 2.12. The van der Waals surface area contributed by atoms with Crippen LogP contribution in [-0.4, -0.2) is 34.5 Å². The van der Waals surface area contributed by atoms with Crippen molar-refractivity contribution in [3.05, 3.63) is 0 Å². The van der Waals surface area contributed by atoms with Gasteiger partial charge in [0.1, 0.15) is 0 Å². The summed E-state index contributed by atoms with van der Waals surface area (Å²) in [6, 6.07) is 1.48. The standard InChI is InChI=1S/C4H12Si.C2H8O2Si/c1-2-3-4-5;1-3-5-4-2/h2-4H2,1,5H3;5H2,1-2H3. The van der Waals surface area contributed by atoms with E-state index in [1.165, 1.54) is 29.1 Å². The van der Waals surface area contributed by atoms with E-state index < -0.39 is 10.0 Å². The Morgan fingerprint density at radius 1 is 1.30 bits per heavy atom. The monoisotopic (exact) mass is 180 g/mol. The normalized spacial score (nSPS) is 8.70. The highest BCUT2D eigenvalue weighted by Gasteiger charge is 1.68. The molecule has 0 aliphatic rings. The Morgan fingerprint density at radius 2 is 1.80 bits per heavy atom. The highest BCUT2D eigenvalue weighted by atomic mass is 28.3. The van der Waals surface area contributed by atoms with Crippen LogP contribution in [-0.2, 0) is 8.85 Å². The first-order chi connectivity index (χ1) is 4.83. The van der Waals surface area contributed by atoms with Crippen molar-refractivity contribution in [1.29, 1.82) is 0 Å². The molecule has 0 unspecified atom stereocenters. The van der Waals surface area contributed by atoms with Crippen LogP contribution in [0.1, 0.15) is 19.8 Å². The van der Waals surface area contributed by atoms with Gasteiger partial charge >= 0.3 is 10.0 Å². The molecule has 0 amide bonds. The fourth-order valence-corrected chi connectivity index (χ4v) is 1.41. The first kappa shape index (κ1) is 13.0. The molecule has 2 nitrogen and oxygen atoms in total. The molecule has 0 aliphatic heterocycles. The molecular formula is C6H20O2Si2. The van der Waals surface area contributed by atoms with Gasteiger partial charge in [0.25, 0.3) is 0 Å². The average Bonchev–Trinajstić information content (AvgIpc) is 1.93. The fourth-order valence-electron chi connectivity index (χ4n) is 0.471. The molecule has 0 rings (SSSR count). The van der Waals surface area contributed by atoms with Crippen molar-refractivity contribution in [2.45, 2.75) is 25.8 Å². The van der Waals surface area contributed by atoms with Gasteiger partial charge in [-0.15, -0.1) is 0 Å². The molecule has 0 bridgehead atoms. The number of rotatable bonds is 4. The van der Waals surface area contributed by atoms with Gasteiger partial charge in [0.2, 0.25) is 0 Å². The molecule has 0 saturated carbocycles. The first-order valence-corrected chi connectivity index (χ1v) is 6.38. The average molecular weight is 180 g/mol. The molecule has 0 spiro atoms. The minimum absolute atomic E-state index is 0.568. The van der Waals surface area contributed by atoms with Crippen LogP contribution in [0.4, 0.5) is 0 Å². The summed E-state index contributed by atoms with van der Waals surface area (Å²) in [7, 11) is 4.13. The first-order valence-electron chi connectivity index (χ1n) is 3.81. The van der Waals surface area contributed by atoms with Crippen LogP contribution < -0.4 is 0 Å². The molecule has 0 atom stereocenters. The Balaban J connectivity index is 0. The number of unbranched alkanes of at least 4 members (excludes halogenated alkanes) is 1. The minimum Gasteiger partial charge on any atom is -0.402 e. The summed E-state index contributed by atoms with van der Waals surface area (Å²) in [5.74, 6) is 0. The summed E-state index contributed by atoms with van der Waals surface area (Å²) < 4.78 is 9.22. The molecule has 4 heteroatoms. The molecule has 0 saturated heterocycles. The van der Waals surface area contributed by atoms with E-state index in [9.17, 15) is 0 Å². The lowest BCUT2D eigenvalue weighted by molar-refractivity contribution is 0.309. The quantitative estimate of drug-likeness (QED) is 0.560. The third kappa shape index (κ3) is 23.8. The molecule has 0 fully saturated rings. The Bertz CT molecular complexity index is 34.7. The van der Waals surface area contributed by atoms with Gasteiger partial charge in [0.05, 0.1) is 0 Å². The Kier molecular flexibility index (Phi) is 21.0. The van der Waals surface area contributed by atoms with Crippen LogP contribution >= 0.6 is 0 Å². The molecule has 0 aliphatic carbocycles. The zero-order valence-electron chi connectivity index (χ0n) is 7.64. The lowest BCUT2D eigenvalue weighted by Gasteiger charge is -1.86. The van der Waals surface area contributed by atoms with Crippen LogP contribution in [0.2, 0.25) is 6.04 Å². The second-order valence-corrected chi connectivity index (χ2v) is 4.44. The van der Waals surface area contributed by atoms with Crippen LogP contribution in [0.15, 0.2) is 0 Å². The van der Waals surface area contributed by atoms with E-state index in [1.807, 2.05) is 0 Å². The van der Waals surface area contributed by atoms with E-state index in [4.69, 9.17) is 0 Å². The second kappa shape index (κ2) is 16.2. The number of hydrogen-bond acceptors (Lipinski definition) is 2. The van der Waals surface area contributed by atoms with Crippen molar-refractivity contribution in [1.82, 2.24) is 0 Å². The second-order valence-electron chi connectivity index (χ2n) is 2.05. The zero-order chi connectivity index (χ0) is 8.24. The van der Waals surface area contributed by atoms with E-state index in [0.717, 1.165) is 0 Å². The highest BCUT2D eigenvalue weighted by molar-refractivity contribution is 6.17. The summed E-state index contributed by atoms with van der Waals surface area (Å²) in [5, 5.41) is 0. The van der Waals surface area contributed by atoms with E-state index in [-0.39, 0.29) is 0 Å². The molecule has 0 heterocycles. The molecule has 0 radical (unpaired) electrons. The van der Waals surface area contributed by atoms with E-state index in [0.29, 0.717) is 0 Å². The van der Waals surface area contributed by atoms with Gasteiger partial charge in [-0.05, 0) is 0 Å². The van der Waals surface area contributed by atoms with Crippen molar-refractivity contribution in [2.24, 2.45) is 0 Å². The van der Waals surface area contributed by atoms with Crippen molar-refractivity contribution >= 4 is 20.2 Å². The SMILES string of the molecule is CCCC[SiH3].CO[SiH2]OC. The maximum absolute atomic E-state index is 4.61.